The van der Waals surface area contributed by atoms with E-state index in [9.17, 15) is 4.79 Å². The number of carbonyl (C=O) groups is 1. The number of esters is 1. The average molecular weight is 238 g/mol. The van der Waals surface area contributed by atoms with Crippen LogP contribution in [0.15, 0.2) is 23.1 Å². The molecule has 0 spiro atoms. The minimum absolute atomic E-state index is 0.195. The molecule has 0 fully saturated rings. The minimum Gasteiger partial charge on any atom is -0.465 e. The zero-order valence-electron chi connectivity index (χ0n) is 9.36. The monoisotopic (exact) mass is 238 g/mol. The molecule has 1 aliphatic heterocycles. The van der Waals surface area contributed by atoms with Crippen LogP contribution >= 0.6 is 11.8 Å². The maximum atomic E-state index is 11.4. The highest BCUT2D eigenvalue weighted by atomic mass is 32.2. The molecule has 1 heterocycles. The van der Waals surface area contributed by atoms with Gasteiger partial charge in [-0.25, -0.2) is 4.79 Å². The molecule has 0 bridgehead atoms. The van der Waals surface area contributed by atoms with E-state index in [1.54, 1.807) is 18.9 Å². The van der Waals surface area contributed by atoms with Crippen molar-refractivity contribution in [3.05, 3.63) is 29.3 Å². The van der Waals surface area contributed by atoms with E-state index in [1.807, 2.05) is 18.2 Å². The Hall–Kier alpha value is -1.00. The van der Waals surface area contributed by atoms with Gasteiger partial charge in [-0.2, -0.15) is 0 Å². The lowest BCUT2D eigenvalue weighted by Gasteiger charge is -2.22. The predicted octanol–water partition coefficient (Wildman–Crippen LogP) is 2.48. The number of fused-ring (bicyclic) bond motifs is 1. The van der Waals surface area contributed by atoms with Gasteiger partial charge in [-0.1, -0.05) is 17.8 Å². The van der Waals surface area contributed by atoms with Crippen molar-refractivity contribution >= 4 is 17.7 Å². The number of rotatable bonds is 2. The number of thioether (sulfide) groups is 1. The first-order chi connectivity index (χ1) is 7.74. The van der Waals surface area contributed by atoms with Crippen molar-refractivity contribution in [3.63, 3.8) is 0 Å². The first kappa shape index (κ1) is 11.5. The van der Waals surface area contributed by atoms with Crippen molar-refractivity contribution in [2.75, 3.05) is 14.2 Å². The third kappa shape index (κ3) is 2.23. The highest BCUT2D eigenvalue weighted by Gasteiger charge is 2.20. The summed E-state index contributed by atoms with van der Waals surface area (Å²) in [7, 11) is 3.11. The van der Waals surface area contributed by atoms with E-state index in [1.165, 1.54) is 12.7 Å². The van der Waals surface area contributed by atoms with E-state index in [4.69, 9.17) is 9.47 Å². The van der Waals surface area contributed by atoms with Crippen molar-refractivity contribution in [2.24, 2.45) is 0 Å². The molecule has 4 heteroatoms. The van der Waals surface area contributed by atoms with E-state index in [-0.39, 0.29) is 11.4 Å². The first-order valence-corrected chi connectivity index (χ1v) is 6.03. The zero-order valence-corrected chi connectivity index (χ0v) is 10.2. The second kappa shape index (κ2) is 4.89. The summed E-state index contributed by atoms with van der Waals surface area (Å²) in [5, 5.41) is 0. The van der Waals surface area contributed by atoms with Crippen LogP contribution in [-0.2, 0) is 15.9 Å². The minimum atomic E-state index is -0.289. The Morgan fingerprint density at radius 2 is 2.25 bits per heavy atom. The quantitative estimate of drug-likeness (QED) is 0.742. The van der Waals surface area contributed by atoms with Crippen LogP contribution < -0.4 is 0 Å². The molecule has 0 aliphatic carbocycles. The SMILES string of the molecule is COC(=O)c1ccc2c(c1)SC(OC)CC2. The van der Waals surface area contributed by atoms with Gasteiger partial charge in [0.15, 0.2) is 0 Å². The Kier molecular flexibility index (Phi) is 3.51. The van der Waals surface area contributed by atoms with Crippen LogP contribution in [0.2, 0.25) is 0 Å². The summed E-state index contributed by atoms with van der Waals surface area (Å²) < 4.78 is 10.0. The van der Waals surface area contributed by atoms with Crippen LogP contribution in [0.3, 0.4) is 0 Å². The normalized spacial score (nSPS) is 19.0. The van der Waals surface area contributed by atoms with Gasteiger partial charge < -0.3 is 9.47 Å². The number of ether oxygens (including phenoxy) is 2. The van der Waals surface area contributed by atoms with E-state index in [0.29, 0.717) is 5.56 Å². The fourth-order valence-corrected chi connectivity index (χ4v) is 2.89. The van der Waals surface area contributed by atoms with Crippen molar-refractivity contribution in [2.45, 2.75) is 23.2 Å². The lowest BCUT2D eigenvalue weighted by molar-refractivity contribution is 0.0600. The number of methoxy groups -OCH3 is 2. The van der Waals surface area contributed by atoms with E-state index >= 15 is 0 Å². The summed E-state index contributed by atoms with van der Waals surface area (Å²) in [5.41, 5.74) is 2.08. The van der Waals surface area contributed by atoms with Crippen molar-refractivity contribution in [1.29, 1.82) is 0 Å². The van der Waals surface area contributed by atoms with Gasteiger partial charge in [-0.3, -0.25) is 0 Å². The summed E-state index contributed by atoms with van der Waals surface area (Å²) in [6.07, 6.45) is 2.02. The Morgan fingerprint density at radius 1 is 1.44 bits per heavy atom. The first-order valence-electron chi connectivity index (χ1n) is 5.15. The fraction of sp³-hybridized carbons (Fsp3) is 0.417. The van der Waals surface area contributed by atoms with Gasteiger partial charge in [0.1, 0.15) is 5.44 Å². The van der Waals surface area contributed by atoms with Gasteiger partial charge in [0.05, 0.1) is 12.7 Å². The molecule has 1 unspecified atom stereocenters. The zero-order chi connectivity index (χ0) is 11.5. The molecule has 0 saturated carbocycles. The molecule has 0 radical (unpaired) electrons. The molecule has 2 rings (SSSR count). The second-order valence-electron chi connectivity index (χ2n) is 3.64. The molecule has 0 aromatic heterocycles. The topological polar surface area (TPSA) is 35.5 Å². The number of aryl methyl sites for hydroxylation is 1. The summed E-state index contributed by atoms with van der Waals surface area (Å²) in [4.78, 5) is 12.5. The molecule has 1 atom stereocenters. The van der Waals surface area contributed by atoms with Gasteiger partial charge >= 0.3 is 5.97 Å². The molecule has 16 heavy (non-hydrogen) atoms. The van der Waals surface area contributed by atoms with Crippen LogP contribution in [0.4, 0.5) is 0 Å². The molecule has 0 amide bonds. The van der Waals surface area contributed by atoms with Crippen LogP contribution in [0, 0.1) is 0 Å². The van der Waals surface area contributed by atoms with Gasteiger partial charge in [0.2, 0.25) is 0 Å². The smallest absolute Gasteiger partial charge is 0.337 e. The third-order valence-corrected chi connectivity index (χ3v) is 3.98. The molecule has 0 saturated heterocycles. The highest BCUT2D eigenvalue weighted by Crippen LogP contribution is 2.36. The predicted molar refractivity (Wildman–Crippen MR) is 62.8 cm³/mol. The van der Waals surface area contributed by atoms with Gasteiger partial charge in [0, 0.05) is 12.0 Å². The molecule has 1 aliphatic rings. The molecule has 1 aromatic carbocycles. The van der Waals surface area contributed by atoms with Gasteiger partial charge in [0.25, 0.3) is 0 Å². The highest BCUT2D eigenvalue weighted by molar-refractivity contribution is 7.99. The molecular formula is C12H14O3S. The molecule has 1 aromatic rings. The van der Waals surface area contributed by atoms with Crippen molar-refractivity contribution < 1.29 is 14.3 Å². The summed E-state index contributed by atoms with van der Waals surface area (Å²) >= 11 is 1.67. The number of carbonyl (C=O) groups excluding carboxylic acids is 1. The number of hydrogen-bond donors (Lipinski definition) is 0. The Morgan fingerprint density at radius 3 is 2.94 bits per heavy atom. The van der Waals surface area contributed by atoms with Crippen LogP contribution in [0.25, 0.3) is 0 Å². The number of hydrogen-bond acceptors (Lipinski definition) is 4. The van der Waals surface area contributed by atoms with Gasteiger partial charge in [-0.15, -0.1) is 0 Å². The van der Waals surface area contributed by atoms with E-state index in [2.05, 4.69) is 0 Å². The summed E-state index contributed by atoms with van der Waals surface area (Å²) in [5.74, 6) is -0.289. The Bertz CT molecular complexity index is 403. The maximum absolute atomic E-state index is 11.4. The molecular weight excluding hydrogens is 224 g/mol. The largest absolute Gasteiger partial charge is 0.465 e. The van der Waals surface area contributed by atoms with Crippen LogP contribution in [0.1, 0.15) is 22.3 Å². The third-order valence-electron chi connectivity index (χ3n) is 2.66. The Balaban J connectivity index is 2.27. The second-order valence-corrected chi connectivity index (χ2v) is 4.84. The Labute approximate surface area is 99.1 Å². The molecule has 86 valence electrons. The molecule has 3 nitrogen and oxygen atoms in total. The maximum Gasteiger partial charge on any atom is 0.337 e. The summed E-state index contributed by atoms with van der Waals surface area (Å²) in [6, 6.07) is 5.70. The molecule has 0 N–H and O–H groups in total. The lowest BCUT2D eigenvalue weighted by Crippen LogP contribution is -2.13. The standard InChI is InChI=1S/C12H14O3S/c1-14-11-6-5-8-3-4-9(12(13)15-2)7-10(8)16-11/h3-4,7,11H,5-6H2,1-2H3. The van der Waals surface area contributed by atoms with Crippen molar-refractivity contribution in [1.82, 2.24) is 0 Å². The average Bonchev–Trinajstić information content (AvgIpc) is 2.36. The summed E-state index contributed by atoms with van der Waals surface area (Å²) in [6.45, 7) is 0. The number of benzene rings is 1. The van der Waals surface area contributed by atoms with Crippen LogP contribution in [0.5, 0.6) is 0 Å². The fourth-order valence-electron chi connectivity index (χ4n) is 1.76. The van der Waals surface area contributed by atoms with Crippen LogP contribution in [-0.4, -0.2) is 25.6 Å². The van der Waals surface area contributed by atoms with E-state index in [0.717, 1.165) is 17.7 Å². The van der Waals surface area contributed by atoms with Crippen molar-refractivity contribution in [3.8, 4) is 0 Å². The lowest BCUT2D eigenvalue weighted by atomic mass is 10.1. The van der Waals surface area contributed by atoms with E-state index < -0.39 is 0 Å². The van der Waals surface area contributed by atoms with Gasteiger partial charge in [-0.05, 0) is 30.5 Å².